The van der Waals surface area contributed by atoms with Gasteiger partial charge in [0.1, 0.15) is 18.1 Å². The van der Waals surface area contributed by atoms with Crippen LogP contribution < -0.4 is 4.74 Å². The Kier molecular flexibility index (Phi) is 11.0. The molecule has 3 aromatic heterocycles. The first-order valence-corrected chi connectivity index (χ1v) is 20.4. The van der Waals surface area contributed by atoms with Crippen molar-refractivity contribution in [3.63, 3.8) is 0 Å². The Morgan fingerprint density at radius 3 is 1.33 bits per heavy atom. The van der Waals surface area contributed by atoms with Crippen molar-refractivity contribution in [2.24, 2.45) is 0 Å². The number of aromatic nitrogens is 4. The minimum Gasteiger partial charge on any atom is -0.508 e. The van der Waals surface area contributed by atoms with Crippen molar-refractivity contribution in [2.45, 2.75) is 20.8 Å². The summed E-state index contributed by atoms with van der Waals surface area (Å²) in [4.78, 5) is 18.4. The number of phenolic OH excluding ortho intramolecular Hbond substituents is 1. The SMILES string of the molecule is CCOCCOCCOc1ccc(-c2c3nc(c(-c4cccc(C)c4)c4ccc([nH]4)c(-c4ccc(O)cc4)c4nc(c(-c5cccc(C)c5)c5ccc2[nH]5)C=C4)C=C3)cc1. The van der Waals surface area contributed by atoms with Crippen LogP contribution in [0.5, 0.6) is 11.5 Å². The predicted octanol–water partition coefficient (Wildman–Crippen LogP) is 12.1. The molecule has 0 amide bonds. The van der Waals surface area contributed by atoms with Gasteiger partial charge in [-0.25, -0.2) is 9.97 Å². The molecule has 60 heavy (non-hydrogen) atoms. The number of hydrogen-bond acceptors (Lipinski definition) is 6. The second-order valence-corrected chi connectivity index (χ2v) is 15.0. The number of aryl methyl sites for hydroxylation is 2. The van der Waals surface area contributed by atoms with E-state index in [9.17, 15) is 5.11 Å². The molecule has 3 N–H and O–H groups in total. The number of hydrogen-bond donors (Lipinski definition) is 3. The third-order valence-electron chi connectivity index (χ3n) is 10.7. The molecule has 2 aliphatic heterocycles. The molecular formula is C52H46N4O4. The van der Waals surface area contributed by atoms with Crippen molar-refractivity contribution in [3.05, 3.63) is 155 Å². The molecule has 0 aliphatic carbocycles. The highest BCUT2D eigenvalue weighted by Gasteiger charge is 2.19. The average molecular weight is 791 g/mol. The highest BCUT2D eigenvalue weighted by molar-refractivity contribution is 6.00. The van der Waals surface area contributed by atoms with Gasteiger partial charge in [-0.3, -0.25) is 0 Å². The molecule has 5 heterocycles. The second kappa shape index (κ2) is 17.1. The fourth-order valence-corrected chi connectivity index (χ4v) is 7.95. The smallest absolute Gasteiger partial charge is 0.119 e. The van der Waals surface area contributed by atoms with Gasteiger partial charge in [-0.15, -0.1) is 0 Å². The summed E-state index contributed by atoms with van der Waals surface area (Å²) in [5, 5.41) is 10.3. The van der Waals surface area contributed by atoms with Crippen molar-refractivity contribution in [2.75, 3.05) is 33.0 Å². The quantitative estimate of drug-likeness (QED) is 0.106. The van der Waals surface area contributed by atoms with Gasteiger partial charge in [-0.05, 0) is 116 Å². The number of ether oxygens (including phenoxy) is 3. The lowest BCUT2D eigenvalue weighted by Crippen LogP contribution is -2.10. The third-order valence-corrected chi connectivity index (χ3v) is 10.7. The number of rotatable bonds is 12. The molecule has 8 nitrogen and oxygen atoms in total. The largest absolute Gasteiger partial charge is 0.508 e. The number of H-pyrrole nitrogens is 2. The molecule has 0 unspecified atom stereocenters. The minimum absolute atomic E-state index is 0.206. The third kappa shape index (κ3) is 8.03. The maximum absolute atomic E-state index is 10.3. The van der Waals surface area contributed by atoms with Crippen LogP contribution in [-0.4, -0.2) is 58.1 Å². The van der Waals surface area contributed by atoms with Crippen LogP contribution in [0.1, 0.15) is 40.8 Å². The van der Waals surface area contributed by atoms with E-state index in [1.165, 1.54) is 0 Å². The van der Waals surface area contributed by atoms with Crippen molar-refractivity contribution in [3.8, 4) is 56.0 Å². The molecule has 0 spiro atoms. The van der Waals surface area contributed by atoms with E-state index in [0.29, 0.717) is 33.0 Å². The summed E-state index contributed by atoms with van der Waals surface area (Å²) in [6, 6.07) is 41.1. The van der Waals surface area contributed by atoms with E-state index in [-0.39, 0.29) is 5.75 Å². The van der Waals surface area contributed by atoms with Gasteiger partial charge in [0, 0.05) is 50.9 Å². The summed E-state index contributed by atoms with van der Waals surface area (Å²) in [5.41, 5.74) is 17.2. The molecule has 8 bridgehead atoms. The molecule has 9 rings (SSSR count). The van der Waals surface area contributed by atoms with Crippen LogP contribution in [0.25, 0.3) is 90.9 Å². The van der Waals surface area contributed by atoms with Crippen LogP contribution in [0.15, 0.2) is 121 Å². The molecule has 2 aliphatic rings. The molecule has 8 heteroatoms. The monoisotopic (exact) mass is 790 g/mol. The maximum atomic E-state index is 10.3. The summed E-state index contributed by atoms with van der Waals surface area (Å²) < 4.78 is 17.1. The number of nitrogens with one attached hydrogen (secondary N) is 2. The van der Waals surface area contributed by atoms with E-state index in [4.69, 9.17) is 24.2 Å². The van der Waals surface area contributed by atoms with Crippen molar-refractivity contribution >= 4 is 46.4 Å². The lowest BCUT2D eigenvalue weighted by molar-refractivity contribution is 0.0405. The molecule has 298 valence electrons. The normalized spacial score (nSPS) is 12.0. The van der Waals surface area contributed by atoms with Gasteiger partial charge in [0.05, 0.1) is 42.6 Å². The van der Waals surface area contributed by atoms with Gasteiger partial charge in [-0.1, -0.05) is 83.9 Å². The molecule has 0 radical (unpaired) electrons. The van der Waals surface area contributed by atoms with Gasteiger partial charge in [-0.2, -0.15) is 0 Å². The first-order chi connectivity index (χ1) is 29.4. The maximum Gasteiger partial charge on any atom is 0.119 e. The second-order valence-electron chi connectivity index (χ2n) is 15.0. The first kappa shape index (κ1) is 38.5. The average Bonchev–Trinajstić information content (AvgIpc) is 4.10. The summed E-state index contributed by atoms with van der Waals surface area (Å²) in [5.74, 6) is 0.968. The van der Waals surface area contributed by atoms with Crippen LogP contribution in [0, 0.1) is 13.8 Å². The molecule has 0 saturated heterocycles. The molecular weight excluding hydrogens is 745 g/mol. The molecule has 4 aromatic carbocycles. The Hall–Kier alpha value is -7.00. The van der Waals surface area contributed by atoms with Crippen LogP contribution in [0.3, 0.4) is 0 Å². The number of phenols is 1. The zero-order valence-electron chi connectivity index (χ0n) is 34.0. The van der Waals surface area contributed by atoms with Gasteiger partial charge < -0.3 is 29.3 Å². The van der Waals surface area contributed by atoms with Gasteiger partial charge in [0.25, 0.3) is 0 Å². The van der Waals surface area contributed by atoms with E-state index in [0.717, 1.165) is 106 Å². The van der Waals surface area contributed by atoms with Crippen molar-refractivity contribution < 1.29 is 19.3 Å². The summed E-state index contributed by atoms with van der Waals surface area (Å²) in [7, 11) is 0. The van der Waals surface area contributed by atoms with Gasteiger partial charge in [0.2, 0.25) is 0 Å². The number of aromatic hydroxyl groups is 1. The fraction of sp³-hybridized carbons (Fsp3) is 0.154. The Balaban J connectivity index is 1.30. The zero-order chi connectivity index (χ0) is 41.0. The standard InChI is InChI=1S/C52H46N4O4/c1-4-58-27-28-59-29-30-60-40-17-13-36(14-18-40)50-43-21-25-47(55-43)51(37-9-5-7-33(2)31-37)45-23-19-41(53-45)49(35-11-15-39(57)16-12-35)42-20-24-46(54-42)52(48-26-22-44(50)56-48)38-10-6-8-34(3)32-38/h5-26,31-32,53,56-57H,4,27-30H2,1-3H3. The topological polar surface area (TPSA) is 105 Å². The predicted molar refractivity (Wildman–Crippen MR) is 245 cm³/mol. The Morgan fingerprint density at radius 2 is 0.883 bits per heavy atom. The van der Waals surface area contributed by atoms with E-state index in [1.54, 1.807) is 12.1 Å². The zero-order valence-corrected chi connectivity index (χ0v) is 34.0. The summed E-state index contributed by atoms with van der Waals surface area (Å²) in [6.45, 7) is 8.91. The highest BCUT2D eigenvalue weighted by Crippen LogP contribution is 2.39. The fourth-order valence-electron chi connectivity index (χ4n) is 7.95. The Bertz CT molecular complexity index is 2880. The minimum atomic E-state index is 0.206. The molecule has 0 fully saturated rings. The van der Waals surface area contributed by atoms with E-state index in [1.807, 2.05) is 31.2 Å². The first-order valence-electron chi connectivity index (χ1n) is 20.4. The molecule has 0 atom stereocenters. The van der Waals surface area contributed by atoms with Crippen LogP contribution in [0.4, 0.5) is 0 Å². The number of nitrogens with zero attached hydrogens (tertiary/aromatic N) is 2. The number of fused-ring (bicyclic) bond motifs is 8. The van der Waals surface area contributed by atoms with Crippen LogP contribution in [-0.2, 0) is 9.47 Å². The lowest BCUT2D eigenvalue weighted by atomic mass is 10.0. The highest BCUT2D eigenvalue weighted by atomic mass is 16.5. The van der Waals surface area contributed by atoms with Crippen LogP contribution in [0.2, 0.25) is 0 Å². The Morgan fingerprint density at radius 1 is 0.467 bits per heavy atom. The van der Waals surface area contributed by atoms with Gasteiger partial charge in [0.15, 0.2) is 0 Å². The van der Waals surface area contributed by atoms with E-state index < -0.39 is 0 Å². The summed E-state index contributed by atoms with van der Waals surface area (Å²) in [6.07, 6.45) is 8.40. The van der Waals surface area contributed by atoms with Crippen LogP contribution >= 0.6 is 0 Å². The summed E-state index contributed by atoms with van der Waals surface area (Å²) >= 11 is 0. The van der Waals surface area contributed by atoms with Crippen molar-refractivity contribution in [1.82, 2.24) is 19.9 Å². The van der Waals surface area contributed by atoms with E-state index in [2.05, 4.69) is 133 Å². The van der Waals surface area contributed by atoms with Crippen molar-refractivity contribution in [1.29, 1.82) is 0 Å². The molecule has 0 saturated carbocycles. The number of benzene rings is 4. The van der Waals surface area contributed by atoms with E-state index >= 15 is 0 Å². The Labute approximate surface area is 349 Å². The lowest BCUT2D eigenvalue weighted by Gasteiger charge is -2.09. The van der Waals surface area contributed by atoms with Gasteiger partial charge >= 0.3 is 0 Å². The molecule has 7 aromatic rings. The number of aromatic amines is 2.